The van der Waals surface area contributed by atoms with E-state index in [0.717, 1.165) is 14.3 Å². The maximum absolute atomic E-state index is 13.2. The molecule has 0 radical (unpaired) electrons. The number of aryl methyl sites for hydroxylation is 1. The van der Waals surface area contributed by atoms with Gasteiger partial charge in [0.2, 0.25) is 0 Å². The molecule has 1 heterocycles. The summed E-state index contributed by atoms with van der Waals surface area (Å²) >= 11 is 2.20. The third kappa shape index (κ3) is 1.41. The van der Waals surface area contributed by atoms with Gasteiger partial charge in [0.1, 0.15) is 5.82 Å². The van der Waals surface area contributed by atoms with Crippen molar-refractivity contribution < 1.29 is 4.39 Å². The molecule has 0 spiro atoms. The maximum Gasteiger partial charge on any atom is 0.126 e. The smallest absolute Gasteiger partial charge is 0.126 e. The van der Waals surface area contributed by atoms with Crippen molar-refractivity contribution in [2.45, 2.75) is 6.92 Å². The number of halogens is 2. The van der Waals surface area contributed by atoms with Crippen molar-refractivity contribution in [3.8, 4) is 0 Å². The maximum atomic E-state index is 13.2. The molecule has 0 fully saturated rings. The van der Waals surface area contributed by atoms with Crippen LogP contribution in [0.3, 0.4) is 0 Å². The largest absolute Gasteiger partial charge is 0.263 e. The van der Waals surface area contributed by atoms with Gasteiger partial charge in [-0.2, -0.15) is 0 Å². The fourth-order valence-corrected chi connectivity index (χ4v) is 1.95. The number of hydrogen-bond acceptors (Lipinski definition) is 1. The number of fused-ring (bicyclic) bond motifs is 1. The van der Waals surface area contributed by atoms with Crippen LogP contribution in [0.5, 0.6) is 0 Å². The van der Waals surface area contributed by atoms with Crippen LogP contribution in [-0.4, -0.2) is 4.98 Å². The lowest BCUT2D eigenvalue weighted by Gasteiger charge is -2.03. The van der Waals surface area contributed by atoms with E-state index in [0.29, 0.717) is 5.56 Å². The molecule has 3 heteroatoms. The minimum Gasteiger partial charge on any atom is -0.263 e. The molecule has 1 nitrogen and oxygen atoms in total. The van der Waals surface area contributed by atoms with E-state index >= 15 is 0 Å². The minimum absolute atomic E-state index is 0.170. The van der Waals surface area contributed by atoms with E-state index in [2.05, 4.69) is 27.6 Å². The van der Waals surface area contributed by atoms with Gasteiger partial charge in [0.15, 0.2) is 0 Å². The number of aromatic nitrogens is 1. The van der Waals surface area contributed by atoms with Crippen LogP contribution in [0.1, 0.15) is 5.56 Å². The first-order chi connectivity index (χ1) is 6.20. The first kappa shape index (κ1) is 8.87. The van der Waals surface area contributed by atoms with Crippen molar-refractivity contribution in [2.75, 3.05) is 0 Å². The summed E-state index contributed by atoms with van der Waals surface area (Å²) in [6.45, 7) is 1.77. The van der Waals surface area contributed by atoms with Crippen LogP contribution in [0.4, 0.5) is 4.39 Å². The Morgan fingerprint density at radius 2 is 2.00 bits per heavy atom. The normalized spacial score (nSPS) is 10.7. The van der Waals surface area contributed by atoms with Gasteiger partial charge in [0.25, 0.3) is 0 Å². The summed E-state index contributed by atoms with van der Waals surface area (Å²) in [7, 11) is 0. The van der Waals surface area contributed by atoms with Crippen molar-refractivity contribution in [2.24, 2.45) is 0 Å². The SMILES string of the molecule is Cc1c(F)ccc2c(I)cncc12. The Bertz CT molecular complexity index is 468. The van der Waals surface area contributed by atoms with Crippen LogP contribution in [0, 0.1) is 16.3 Å². The summed E-state index contributed by atoms with van der Waals surface area (Å²) in [6.07, 6.45) is 3.48. The van der Waals surface area contributed by atoms with Crippen LogP contribution in [0.25, 0.3) is 10.8 Å². The highest BCUT2D eigenvalue weighted by atomic mass is 127. The van der Waals surface area contributed by atoms with Crippen LogP contribution in [0.2, 0.25) is 0 Å². The Morgan fingerprint density at radius 1 is 1.23 bits per heavy atom. The van der Waals surface area contributed by atoms with Crippen LogP contribution < -0.4 is 0 Å². The Hall–Kier alpha value is -0.710. The fourth-order valence-electron chi connectivity index (χ4n) is 1.32. The van der Waals surface area contributed by atoms with Gasteiger partial charge in [-0.25, -0.2) is 4.39 Å². The number of benzene rings is 1. The molecule has 0 unspecified atom stereocenters. The quantitative estimate of drug-likeness (QED) is 0.678. The average molecular weight is 287 g/mol. The lowest BCUT2D eigenvalue weighted by Crippen LogP contribution is -1.87. The zero-order valence-corrected chi connectivity index (χ0v) is 9.17. The van der Waals surface area contributed by atoms with Crippen molar-refractivity contribution in [1.29, 1.82) is 0 Å². The van der Waals surface area contributed by atoms with Crippen molar-refractivity contribution in [1.82, 2.24) is 4.98 Å². The predicted molar refractivity (Wildman–Crippen MR) is 59.2 cm³/mol. The average Bonchev–Trinajstić information content (AvgIpc) is 2.12. The topological polar surface area (TPSA) is 12.9 Å². The number of rotatable bonds is 0. The zero-order chi connectivity index (χ0) is 9.42. The summed E-state index contributed by atoms with van der Waals surface area (Å²) in [5, 5.41) is 1.96. The molecule has 66 valence electrons. The number of hydrogen-bond donors (Lipinski definition) is 0. The summed E-state index contributed by atoms with van der Waals surface area (Å²) in [6, 6.07) is 3.29. The first-order valence-corrected chi connectivity index (χ1v) is 4.96. The minimum atomic E-state index is -0.170. The van der Waals surface area contributed by atoms with Gasteiger partial charge in [-0.3, -0.25) is 4.98 Å². The zero-order valence-electron chi connectivity index (χ0n) is 7.01. The van der Waals surface area contributed by atoms with Crippen molar-refractivity contribution >= 4 is 33.4 Å². The van der Waals surface area contributed by atoms with Crippen molar-refractivity contribution in [3.05, 3.63) is 39.5 Å². The molecule has 2 rings (SSSR count). The number of nitrogens with zero attached hydrogens (tertiary/aromatic N) is 1. The van der Waals surface area contributed by atoms with Gasteiger partial charge in [0, 0.05) is 21.4 Å². The standard InChI is InChI=1S/C10H7FIN/c1-6-8-4-13-5-10(12)7(8)2-3-9(6)11/h2-5H,1H3. The molecule has 0 aliphatic rings. The highest BCUT2D eigenvalue weighted by Crippen LogP contribution is 2.23. The van der Waals surface area contributed by atoms with Gasteiger partial charge in [-0.05, 0) is 46.5 Å². The van der Waals surface area contributed by atoms with Gasteiger partial charge >= 0.3 is 0 Å². The summed E-state index contributed by atoms with van der Waals surface area (Å²) in [4.78, 5) is 4.04. The molecular weight excluding hydrogens is 280 g/mol. The molecule has 0 aliphatic heterocycles. The molecule has 0 atom stereocenters. The third-order valence-electron chi connectivity index (χ3n) is 2.10. The molecule has 0 bridgehead atoms. The van der Waals surface area contributed by atoms with E-state index in [1.54, 1.807) is 25.4 Å². The molecule has 13 heavy (non-hydrogen) atoms. The van der Waals surface area contributed by atoms with E-state index < -0.39 is 0 Å². The second-order valence-corrected chi connectivity index (χ2v) is 4.05. The molecule has 1 aromatic heterocycles. The summed E-state index contributed by atoms with van der Waals surface area (Å²) in [5.74, 6) is -0.170. The van der Waals surface area contributed by atoms with Crippen LogP contribution in [0.15, 0.2) is 24.5 Å². The van der Waals surface area contributed by atoms with E-state index in [9.17, 15) is 4.39 Å². The summed E-state index contributed by atoms with van der Waals surface area (Å²) in [5.41, 5.74) is 0.670. The number of pyridine rings is 1. The monoisotopic (exact) mass is 287 g/mol. The highest BCUT2D eigenvalue weighted by Gasteiger charge is 2.04. The van der Waals surface area contributed by atoms with Crippen LogP contribution in [-0.2, 0) is 0 Å². The second kappa shape index (κ2) is 3.21. The lowest BCUT2D eigenvalue weighted by atomic mass is 10.1. The molecule has 0 aliphatic carbocycles. The van der Waals surface area contributed by atoms with E-state index in [1.807, 2.05) is 0 Å². The molecule has 0 saturated heterocycles. The molecule has 2 aromatic rings. The van der Waals surface area contributed by atoms with Gasteiger partial charge < -0.3 is 0 Å². The van der Waals surface area contributed by atoms with Gasteiger partial charge in [-0.1, -0.05) is 6.07 Å². The van der Waals surface area contributed by atoms with Crippen molar-refractivity contribution in [3.63, 3.8) is 0 Å². The summed E-state index contributed by atoms with van der Waals surface area (Å²) < 4.78 is 14.2. The molecule has 0 saturated carbocycles. The second-order valence-electron chi connectivity index (χ2n) is 2.89. The highest BCUT2D eigenvalue weighted by molar-refractivity contribution is 14.1. The Balaban J connectivity index is 2.94. The molecule has 1 aromatic carbocycles. The Labute approximate surface area is 89.1 Å². The van der Waals surface area contributed by atoms with Crippen LogP contribution >= 0.6 is 22.6 Å². The van der Waals surface area contributed by atoms with Gasteiger partial charge in [0.05, 0.1) is 0 Å². The fraction of sp³-hybridized carbons (Fsp3) is 0.100. The van der Waals surface area contributed by atoms with E-state index in [-0.39, 0.29) is 5.82 Å². The Kier molecular flexibility index (Phi) is 2.19. The molecule has 0 N–H and O–H groups in total. The lowest BCUT2D eigenvalue weighted by molar-refractivity contribution is 0.621. The van der Waals surface area contributed by atoms with E-state index in [4.69, 9.17) is 0 Å². The Morgan fingerprint density at radius 3 is 2.77 bits per heavy atom. The first-order valence-electron chi connectivity index (χ1n) is 3.88. The molecular formula is C10H7FIN. The predicted octanol–water partition coefficient (Wildman–Crippen LogP) is 3.29. The van der Waals surface area contributed by atoms with E-state index in [1.165, 1.54) is 6.07 Å². The molecule has 0 amide bonds. The third-order valence-corrected chi connectivity index (χ3v) is 2.96. The van der Waals surface area contributed by atoms with Gasteiger partial charge in [-0.15, -0.1) is 0 Å².